The highest BCUT2D eigenvalue weighted by atomic mass is 127. The lowest BCUT2D eigenvalue weighted by Gasteiger charge is -2.33. The van der Waals surface area contributed by atoms with Crippen LogP contribution in [0, 0.1) is 0 Å². The zero-order valence-corrected chi connectivity index (χ0v) is 17.7. The van der Waals surface area contributed by atoms with Gasteiger partial charge in [-0.15, -0.1) is 24.0 Å². The van der Waals surface area contributed by atoms with Crippen molar-refractivity contribution < 1.29 is 0 Å². The van der Waals surface area contributed by atoms with Crippen LogP contribution in [-0.2, 0) is 6.54 Å². The molecule has 7 heteroatoms. The molecule has 1 saturated heterocycles. The van der Waals surface area contributed by atoms with Crippen LogP contribution in [0.15, 0.2) is 23.3 Å². The van der Waals surface area contributed by atoms with Crippen molar-refractivity contribution in [2.75, 3.05) is 45.2 Å². The molecule has 6 nitrogen and oxygen atoms in total. The van der Waals surface area contributed by atoms with E-state index in [-0.39, 0.29) is 24.0 Å². The van der Waals surface area contributed by atoms with Gasteiger partial charge in [0.15, 0.2) is 5.96 Å². The van der Waals surface area contributed by atoms with E-state index >= 15 is 0 Å². The molecule has 0 radical (unpaired) electrons. The molecule has 140 valence electrons. The quantitative estimate of drug-likeness (QED) is 0.411. The summed E-state index contributed by atoms with van der Waals surface area (Å²) >= 11 is 0. The number of guanidine groups is 1. The fraction of sp³-hybridized carbons (Fsp3) is 0.667. The molecule has 1 saturated carbocycles. The molecule has 0 atom stereocenters. The van der Waals surface area contributed by atoms with Crippen LogP contribution < -0.4 is 15.5 Å². The van der Waals surface area contributed by atoms with E-state index in [1.807, 2.05) is 13.2 Å². The number of piperazine rings is 1. The molecule has 0 bridgehead atoms. The van der Waals surface area contributed by atoms with E-state index in [4.69, 9.17) is 0 Å². The number of hydrogen-bond donors (Lipinski definition) is 2. The first-order chi connectivity index (χ1) is 11.7. The molecule has 1 aromatic rings. The number of aromatic nitrogens is 1. The van der Waals surface area contributed by atoms with E-state index < -0.39 is 0 Å². The van der Waals surface area contributed by atoms with Gasteiger partial charge in [0, 0.05) is 52.0 Å². The van der Waals surface area contributed by atoms with Gasteiger partial charge in [-0.25, -0.2) is 4.98 Å². The van der Waals surface area contributed by atoms with E-state index in [1.54, 1.807) is 0 Å². The maximum Gasteiger partial charge on any atom is 0.191 e. The molecule has 0 aromatic carbocycles. The van der Waals surface area contributed by atoms with E-state index in [9.17, 15) is 0 Å². The molecule has 25 heavy (non-hydrogen) atoms. The first-order valence-electron chi connectivity index (χ1n) is 9.10. The predicted molar refractivity (Wildman–Crippen MR) is 115 cm³/mol. The summed E-state index contributed by atoms with van der Waals surface area (Å²) in [5.41, 5.74) is 1.24. The summed E-state index contributed by atoms with van der Waals surface area (Å²) < 4.78 is 0. The predicted octanol–water partition coefficient (Wildman–Crippen LogP) is 2.06. The monoisotopic (exact) mass is 458 g/mol. The zero-order chi connectivity index (χ0) is 16.8. The summed E-state index contributed by atoms with van der Waals surface area (Å²) in [5, 5.41) is 6.96. The third kappa shape index (κ3) is 5.99. The third-order valence-corrected chi connectivity index (χ3v) is 5.02. The number of likely N-dealkylation sites (N-methyl/N-ethyl adjacent to an activating group) is 1. The molecule has 1 aromatic heterocycles. The van der Waals surface area contributed by atoms with Gasteiger partial charge in [0.2, 0.25) is 0 Å². The van der Waals surface area contributed by atoms with Crippen molar-refractivity contribution in [3.63, 3.8) is 0 Å². The van der Waals surface area contributed by atoms with Crippen molar-refractivity contribution in [3.05, 3.63) is 23.9 Å². The van der Waals surface area contributed by atoms with E-state index in [0.29, 0.717) is 6.04 Å². The minimum atomic E-state index is 0. The number of anilines is 1. The van der Waals surface area contributed by atoms with E-state index in [2.05, 4.69) is 49.6 Å². The second kappa shape index (κ2) is 10.2. The normalized spacial score (nSPS) is 19.6. The molecule has 3 rings (SSSR count). The van der Waals surface area contributed by atoms with Crippen LogP contribution in [0.1, 0.15) is 31.2 Å². The lowest BCUT2D eigenvalue weighted by atomic mass is 10.2. The highest BCUT2D eigenvalue weighted by Gasteiger charge is 2.17. The van der Waals surface area contributed by atoms with Gasteiger partial charge in [0.1, 0.15) is 5.82 Å². The summed E-state index contributed by atoms with van der Waals surface area (Å²) in [5.74, 6) is 1.99. The first-order valence-corrected chi connectivity index (χ1v) is 9.10. The maximum atomic E-state index is 4.55. The van der Waals surface area contributed by atoms with E-state index in [0.717, 1.165) is 44.5 Å². The van der Waals surface area contributed by atoms with Gasteiger partial charge in [0.05, 0.1) is 0 Å². The van der Waals surface area contributed by atoms with Gasteiger partial charge >= 0.3 is 0 Å². The van der Waals surface area contributed by atoms with Gasteiger partial charge in [-0.2, -0.15) is 0 Å². The summed E-state index contributed by atoms with van der Waals surface area (Å²) in [7, 11) is 4.01. The summed E-state index contributed by atoms with van der Waals surface area (Å²) in [6.45, 7) is 5.07. The fourth-order valence-electron chi connectivity index (χ4n) is 3.42. The average Bonchev–Trinajstić information content (AvgIpc) is 3.12. The van der Waals surface area contributed by atoms with Crippen LogP contribution in [0.3, 0.4) is 0 Å². The standard InChI is InChI=1S/C18H30N6.HI/c1-19-18(22-16-5-3-4-6-16)21-14-15-7-8-20-17(13-15)24-11-9-23(2)10-12-24;/h7-8,13,16H,3-6,9-12,14H2,1-2H3,(H2,19,21,22);1H. The molecule has 2 heterocycles. The summed E-state index contributed by atoms with van der Waals surface area (Å²) in [6.07, 6.45) is 7.08. The van der Waals surface area contributed by atoms with Crippen LogP contribution in [-0.4, -0.2) is 62.2 Å². The molecule has 0 amide bonds. The van der Waals surface area contributed by atoms with Gasteiger partial charge in [0.25, 0.3) is 0 Å². The van der Waals surface area contributed by atoms with Crippen molar-refractivity contribution in [1.82, 2.24) is 20.5 Å². The summed E-state index contributed by atoms with van der Waals surface area (Å²) in [6, 6.07) is 4.85. The number of aliphatic imine (C=N–C) groups is 1. The molecule has 0 unspecified atom stereocenters. The number of hydrogen-bond acceptors (Lipinski definition) is 4. The Bertz CT molecular complexity index is 550. The first kappa shape index (κ1) is 20.2. The average molecular weight is 458 g/mol. The van der Waals surface area contributed by atoms with Gasteiger partial charge < -0.3 is 20.4 Å². The molecule has 2 N–H and O–H groups in total. The summed E-state index contributed by atoms with van der Waals surface area (Å²) in [4.78, 5) is 13.6. The van der Waals surface area contributed by atoms with Gasteiger partial charge in [-0.1, -0.05) is 12.8 Å². The highest BCUT2D eigenvalue weighted by molar-refractivity contribution is 14.0. The van der Waals surface area contributed by atoms with Crippen molar-refractivity contribution in [2.45, 2.75) is 38.3 Å². The van der Waals surface area contributed by atoms with Crippen molar-refractivity contribution in [1.29, 1.82) is 0 Å². The van der Waals surface area contributed by atoms with Crippen molar-refractivity contribution in [2.24, 2.45) is 4.99 Å². The molecule has 2 aliphatic rings. The Morgan fingerprint density at radius 2 is 1.96 bits per heavy atom. The molecule has 0 spiro atoms. The maximum absolute atomic E-state index is 4.55. The van der Waals surface area contributed by atoms with Crippen LogP contribution in [0.4, 0.5) is 5.82 Å². The Labute approximate surface area is 168 Å². The smallest absolute Gasteiger partial charge is 0.191 e. The Balaban J connectivity index is 0.00000225. The number of rotatable bonds is 4. The zero-order valence-electron chi connectivity index (χ0n) is 15.4. The number of halogens is 1. The SMILES string of the molecule is CN=C(NCc1ccnc(N2CCN(C)CC2)c1)NC1CCCC1.I. The largest absolute Gasteiger partial charge is 0.354 e. The fourth-order valence-corrected chi connectivity index (χ4v) is 3.42. The van der Waals surface area contributed by atoms with E-state index in [1.165, 1.54) is 31.2 Å². The van der Waals surface area contributed by atoms with Crippen molar-refractivity contribution >= 4 is 35.8 Å². The van der Waals surface area contributed by atoms with Crippen LogP contribution in [0.5, 0.6) is 0 Å². The number of nitrogens with zero attached hydrogens (tertiary/aromatic N) is 4. The topological polar surface area (TPSA) is 55.8 Å². The minimum absolute atomic E-state index is 0. The Morgan fingerprint density at radius 3 is 2.64 bits per heavy atom. The van der Waals surface area contributed by atoms with Crippen LogP contribution in [0.2, 0.25) is 0 Å². The second-order valence-electron chi connectivity index (χ2n) is 6.86. The van der Waals surface area contributed by atoms with Crippen molar-refractivity contribution in [3.8, 4) is 0 Å². The Hall–Kier alpha value is -1.09. The minimum Gasteiger partial charge on any atom is -0.354 e. The Kier molecular flexibility index (Phi) is 8.21. The lowest BCUT2D eigenvalue weighted by molar-refractivity contribution is 0.312. The van der Waals surface area contributed by atoms with Crippen LogP contribution in [0.25, 0.3) is 0 Å². The molecule has 1 aliphatic heterocycles. The molecule has 2 fully saturated rings. The molecular formula is C18H31IN6. The number of nitrogens with one attached hydrogen (secondary N) is 2. The highest BCUT2D eigenvalue weighted by Crippen LogP contribution is 2.17. The van der Waals surface area contributed by atoms with Crippen LogP contribution >= 0.6 is 24.0 Å². The van der Waals surface area contributed by atoms with Gasteiger partial charge in [-0.05, 0) is 37.6 Å². The Morgan fingerprint density at radius 1 is 1.24 bits per heavy atom. The lowest BCUT2D eigenvalue weighted by Crippen LogP contribution is -2.45. The third-order valence-electron chi connectivity index (χ3n) is 5.02. The second-order valence-corrected chi connectivity index (χ2v) is 6.86. The molecular weight excluding hydrogens is 427 g/mol. The number of pyridine rings is 1. The molecule has 1 aliphatic carbocycles. The van der Waals surface area contributed by atoms with Gasteiger partial charge in [-0.3, -0.25) is 4.99 Å².